The van der Waals surface area contributed by atoms with E-state index < -0.39 is 0 Å². The molecule has 0 aliphatic carbocycles. The van der Waals surface area contributed by atoms with E-state index in [-0.39, 0.29) is 0 Å². The van der Waals surface area contributed by atoms with Gasteiger partial charge in [0.05, 0.1) is 0 Å². The number of nitrogens with one attached hydrogen (secondary N) is 2. The second-order valence-corrected chi connectivity index (χ2v) is 4.72. The van der Waals surface area contributed by atoms with Gasteiger partial charge in [0.2, 0.25) is 0 Å². The Bertz CT molecular complexity index is 723. The maximum atomic E-state index is 4.23. The van der Waals surface area contributed by atoms with Crippen LogP contribution >= 0.6 is 0 Å². The highest BCUT2D eigenvalue weighted by atomic mass is 15.0. The van der Waals surface area contributed by atoms with Crippen molar-refractivity contribution in [3.63, 3.8) is 0 Å². The smallest absolute Gasteiger partial charge is 0.127 e. The fourth-order valence-electron chi connectivity index (χ4n) is 2.26. The van der Waals surface area contributed by atoms with E-state index in [4.69, 9.17) is 0 Å². The first-order chi connectivity index (χ1) is 10.4. The van der Waals surface area contributed by atoms with Gasteiger partial charge in [0.25, 0.3) is 0 Å². The number of para-hydroxylation sites is 1. The van der Waals surface area contributed by atoms with Gasteiger partial charge in [0.15, 0.2) is 0 Å². The normalized spacial score (nSPS) is 10.1. The monoisotopic (exact) mass is 275 g/mol. The molecule has 104 valence electrons. The van der Waals surface area contributed by atoms with Crippen LogP contribution in [0.1, 0.15) is 0 Å². The Kier molecular flexibility index (Phi) is 3.83. The molecule has 3 aromatic rings. The van der Waals surface area contributed by atoms with Crippen molar-refractivity contribution >= 4 is 17.2 Å². The van der Waals surface area contributed by atoms with Crippen molar-refractivity contribution in [1.29, 1.82) is 0 Å². The van der Waals surface area contributed by atoms with Crippen molar-refractivity contribution in [3.05, 3.63) is 72.9 Å². The molecule has 2 N–H and O–H groups in total. The average Bonchev–Trinajstić information content (AvgIpc) is 2.56. The first-order valence-corrected chi connectivity index (χ1v) is 6.92. The quantitative estimate of drug-likeness (QED) is 0.734. The summed E-state index contributed by atoms with van der Waals surface area (Å²) in [5, 5.41) is 6.51. The minimum atomic E-state index is 0.845. The summed E-state index contributed by atoms with van der Waals surface area (Å²) < 4.78 is 0. The number of hydrogen-bond donors (Lipinski definition) is 2. The van der Waals surface area contributed by atoms with E-state index in [1.807, 2.05) is 31.3 Å². The zero-order chi connectivity index (χ0) is 14.5. The molecule has 0 spiro atoms. The molecule has 3 heteroatoms. The third kappa shape index (κ3) is 3.03. The van der Waals surface area contributed by atoms with E-state index in [9.17, 15) is 0 Å². The fraction of sp³-hybridized carbons (Fsp3) is 0.0556. The molecule has 0 bridgehead atoms. The van der Waals surface area contributed by atoms with Gasteiger partial charge >= 0.3 is 0 Å². The van der Waals surface area contributed by atoms with Gasteiger partial charge in [-0.1, -0.05) is 48.5 Å². The Morgan fingerprint density at radius 1 is 0.857 bits per heavy atom. The topological polar surface area (TPSA) is 37.0 Å². The predicted octanol–water partition coefficient (Wildman–Crippen LogP) is 4.53. The second-order valence-electron chi connectivity index (χ2n) is 4.72. The highest BCUT2D eigenvalue weighted by Gasteiger charge is 2.04. The fourth-order valence-corrected chi connectivity index (χ4v) is 2.26. The summed E-state index contributed by atoms with van der Waals surface area (Å²) in [5.41, 5.74) is 4.47. The summed E-state index contributed by atoms with van der Waals surface area (Å²) in [6.45, 7) is 0. The van der Waals surface area contributed by atoms with E-state index in [0.717, 1.165) is 17.2 Å². The van der Waals surface area contributed by atoms with Gasteiger partial charge in [-0.3, -0.25) is 0 Å². The lowest BCUT2D eigenvalue weighted by atomic mass is 10.0. The molecule has 0 amide bonds. The Morgan fingerprint density at radius 3 is 2.43 bits per heavy atom. The molecule has 0 radical (unpaired) electrons. The number of pyridine rings is 1. The molecule has 3 nitrogen and oxygen atoms in total. The lowest BCUT2D eigenvalue weighted by Gasteiger charge is -2.13. The van der Waals surface area contributed by atoms with Gasteiger partial charge < -0.3 is 10.6 Å². The van der Waals surface area contributed by atoms with Gasteiger partial charge in [-0.2, -0.15) is 0 Å². The van der Waals surface area contributed by atoms with Gasteiger partial charge in [-0.15, -0.1) is 0 Å². The van der Waals surface area contributed by atoms with Crippen molar-refractivity contribution in [1.82, 2.24) is 4.98 Å². The van der Waals surface area contributed by atoms with Gasteiger partial charge in [-0.05, 0) is 17.7 Å². The van der Waals surface area contributed by atoms with Crippen LogP contribution in [0.15, 0.2) is 72.9 Å². The van der Waals surface area contributed by atoms with Crippen molar-refractivity contribution in [3.8, 4) is 11.1 Å². The number of benzene rings is 2. The molecular weight excluding hydrogens is 258 g/mol. The molecule has 0 atom stereocenters. The van der Waals surface area contributed by atoms with Crippen LogP contribution in [0.25, 0.3) is 11.1 Å². The van der Waals surface area contributed by atoms with Crippen molar-refractivity contribution in [2.45, 2.75) is 0 Å². The van der Waals surface area contributed by atoms with Crippen LogP contribution in [0.5, 0.6) is 0 Å². The third-order valence-corrected chi connectivity index (χ3v) is 3.31. The number of hydrogen-bond acceptors (Lipinski definition) is 3. The largest absolute Gasteiger partial charge is 0.373 e. The molecule has 0 unspecified atom stereocenters. The van der Waals surface area contributed by atoms with E-state index in [1.54, 1.807) is 6.20 Å². The highest BCUT2D eigenvalue weighted by Crippen LogP contribution is 2.30. The number of nitrogens with zero attached hydrogens (tertiary/aromatic N) is 1. The van der Waals surface area contributed by atoms with E-state index in [2.05, 4.69) is 58.1 Å². The average molecular weight is 275 g/mol. The van der Waals surface area contributed by atoms with Gasteiger partial charge in [-0.25, -0.2) is 4.98 Å². The van der Waals surface area contributed by atoms with E-state index in [0.29, 0.717) is 0 Å². The Balaban J connectivity index is 1.96. The Hall–Kier alpha value is -2.81. The number of rotatable bonds is 4. The van der Waals surface area contributed by atoms with Crippen LogP contribution < -0.4 is 10.6 Å². The molecule has 21 heavy (non-hydrogen) atoms. The molecule has 0 saturated heterocycles. The first kappa shape index (κ1) is 13.2. The third-order valence-electron chi connectivity index (χ3n) is 3.31. The standard InChI is InChI=1S/C18H17N3/c1-19-18-13-15(11-12-20-18)21-17-10-6-5-9-16(17)14-7-3-2-4-8-14/h2-13H,1H3,(H2,19,20,21). The Morgan fingerprint density at radius 2 is 1.62 bits per heavy atom. The lowest BCUT2D eigenvalue weighted by Crippen LogP contribution is -1.96. The maximum absolute atomic E-state index is 4.23. The van der Waals surface area contributed by atoms with Crippen LogP contribution in [0.3, 0.4) is 0 Å². The summed E-state index contributed by atoms with van der Waals surface area (Å²) in [5.74, 6) is 0.845. The summed E-state index contributed by atoms with van der Waals surface area (Å²) >= 11 is 0. The van der Waals surface area contributed by atoms with Crippen LogP contribution in [-0.4, -0.2) is 12.0 Å². The number of anilines is 3. The van der Waals surface area contributed by atoms with Gasteiger partial charge in [0, 0.05) is 36.2 Å². The Labute approximate surface area is 124 Å². The van der Waals surface area contributed by atoms with Crippen LogP contribution in [0.4, 0.5) is 17.2 Å². The first-order valence-electron chi connectivity index (χ1n) is 6.92. The van der Waals surface area contributed by atoms with Crippen molar-refractivity contribution < 1.29 is 0 Å². The molecule has 0 aliphatic rings. The van der Waals surface area contributed by atoms with Gasteiger partial charge in [0.1, 0.15) is 5.82 Å². The second kappa shape index (κ2) is 6.09. The zero-order valence-corrected chi connectivity index (χ0v) is 11.9. The van der Waals surface area contributed by atoms with Crippen LogP contribution in [-0.2, 0) is 0 Å². The molecule has 0 saturated carbocycles. The molecular formula is C18H17N3. The molecule has 2 aromatic carbocycles. The molecule has 0 aliphatic heterocycles. The van der Waals surface area contributed by atoms with Crippen molar-refractivity contribution in [2.75, 3.05) is 17.7 Å². The minimum absolute atomic E-state index is 0.845. The van der Waals surface area contributed by atoms with Crippen LogP contribution in [0.2, 0.25) is 0 Å². The minimum Gasteiger partial charge on any atom is -0.373 e. The summed E-state index contributed by atoms with van der Waals surface area (Å²) in [7, 11) is 1.87. The number of aromatic nitrogens is 1. The van der Waals surface area contributed by atoms with Crippen LogP contribution in [0, 0.1) is 0 Å². The molecule has 0 fully saturated rings. The maximum Gasteiger partial charge on any atom is 0.127 e. The van der Waals surface area contributed by atoms with E-state index >= 15 is 0 Å². The van der Waals surface area contributed by atoms with Crippen molar-refractivity contribution in [2.24, 2.45) is 0 Å². The SMILES string of the molecule is CNc1cc(Nc2ccccc2-c2ccccc2)ccn1. The zero-order valence-electron chi connectivity index (χ0n) is 11.9. The molecule has 1 heterocycles. The molecule has 3 rings (SSSR count). The highest BCUT2D eigenvalue weighted by molar-refractivity contribution is 5.81. The predicted molar refractivity (Wildman–Crippen MR) is 88.9 cm³/mol. The summed E-state index contributed by atoms with van der Waals surface area (Å²) in [6, 6.07) is 22.6. The summed E-state index contributed by atoms with van der Waals surface area (Å²) in [4.78, 5) is 4.23. The summed E-state index contributed by atoms with van der Waals surface area (Å²) in [6.07, 6.45) is 1.79. The van der Waals surface area contributed by atoms with E-state index in [1.165, 1.54) is 11.1 Å². The molecule has 1 aromatic heterocycles. The lowest BCUT2D eigenvalue weighted by molar-refractivity contribution is 1.28.